The first-order valence-electron chi connectivity index (χ1n) is 5.89. The molecule has 1 heterocycles. The molecule has 84 valence electrons. The Morgan fingerprint density at radius 2 is 2.07 bits per heavy atom. The number of ether oxygens (including phenoxy) is 1. The van der Waals surface area contributed by atoms with E-state index in [1.54, 1.807) is 0 Å². The lowest BCUT2D eigenvalue weighted by Gasteiger charge is -2.31. The van der Waals surface area contributed by atoms with E-state index in [-0.39, 0.29) is 0 Å². The number of hydrogen-bond acceptors (Lipinski definition) is 2. The molecule has 0 aromatic carbocycles. The van der Waals surface area contributed by atoms with Gasteiger partial charge < -0.3 is 4.74 Å². The van der Waals surface area contributed by atoms with Crippen molar-refractivity contribution in [1.82, 2.24) is 4.90 Å². The molecule has 0 amide bonds. The standard InChI is InChI=1S/C12H25NO/c1-11(2)14-10-6-9-13-8-5-7-12(13,3)4/h11H,5-10H2,1-4H3. The summed E-state index contributed by atoms with van der Waals surface area (Å²) < 4.78 is 5.54. The smallest absolute Gasteiger partial charge is 0.0518 e. The highest BCUT2D eigenvalue weighted by Crippen LogP contribution is 2.27. The lowest BCUT2D eigenvalue weighted by Crippen LogP contribution is -2.39. The molecule has 0 aromatic rings. The van der Waals surface area contributed by atoms with Gasteiger partial charge in [-0.3, -0.25) is 4.90 Å². The van der Waals surface area contributed by atoms with Crippen LogP contribution in [-0.4, -0.2) is 36.2 Å². The van der Waals surface area contributed by atoms with E-state index in [4.69, 9.17) is 4.74 Å². The van der Waals surface area contributed by atoms with E-state index in [0.29, 0.717) is 11.6 Å². The van der Waals surface area contributed by atoms with Gasteiger partial charge in [0.2, 0.25) is 0 Å². The molecule has 1 rings (SSSR count). The maximum atomic E-state index is 5.54. The average Bonchev–Trinajstić information content (AvgIpc) is 2.39. The number of rotatable bonds is 5. The third kappa shape index (κ3) is 3.58. The van der Waals surface area contributed by atoms with Crippen molar-refractivity contribution in [2.24, 2.45) is 0 Å². The first kappa shape index (κ1) is 12.0. The highest BCUT2D eigenvalue weighted by atomic mass is 16.5. The Labute approximate surface area is 88.6 Å². The third-order valence-corrected chi connectivity index (χ3v) is 3.10. The van der Waals surface area contributed by atoms with Gasteiger partial charge >= 0.3 is 0 Å². The number of likely N-dealkylation sites (tertiary alicyclic amines) is 1. The van der Waals surface area contributed by atoms with Gasteiger partial charge in [0, 0.05) is 18.7 Å². The summed E-state index contributed by atoms with van der Waals surface area (Å²) >= 11 is 0. The zero-order valence-corrected chi connectivity index (χ0v) is 10.2. The van der Waals surface area contributed by atoms with Gasteiger partial charge in [-0.2, -0.15) is 0 Å². The summed E-state index contributed by atoms with van der Waals surface area (Å²) in [6.07, 6.45) is 4.25. The fraction of sp³-hybridized carbons (Fsp3) is 1.00. The molecule has 1 aliphatic heterocycles. The van der Waals surface area contributed by atoms with Crippen LogP contribution in [0.2, 0.25) is 0 Å². The molecule has 0 N–H and O–H groups in total. The molecule has 1 fully saturated rings. The Bertz CT molecular complexity index is 166. The quantitative estimate of drug-likeness (QED) is 0.631. The van der Waals surface area contributed by atoms with Crippen LogP contribution in [0.4, 0.5) is 0 Å². The van der Waals surface area contributed by atoms with Gasteiger partial charge in [0.15, 0.2) is 0 Å². The topological polar surface area (TPSA) is 12.5 Å². The zero-order chi connectivity index (χ0) is 10.6. The van der Waals surface area contributed by atoms with Crippen molar-refractivity contribution < 1.29 is 4.74 Å². The summed E-state index contributed by atoms with van der Waals surface area (Å²) in [5.41, 5.74) is 0.428. The molecule has 0 saturated carbocycles. The minimum Gasteiger partial charge on any atom is -0.379 e. The molecule has 1 saturated heterocycles. The molecule has 2 nitrogen and oxygen atoms in total. The van der Waals surface area contributed by atoms with Gasteiger partial charge in [0.1, 0.15) is 0 Å². The van der Waals surface area contributed by atoms with Gasteiger partial charge in [-0.1, -0.05) is 0 Å². The Morgan fingerprint density at radius 3 is 2.57 bits per heavy atom. The van der Waals surface area contributed by atoms with Crippen LogP contribution in [0.3, 0.4) is 0 Å². The van der Waals surface area contributed by atoms with E-state index in [1.165, 1.54) is 32.4 Å². The number of nitrogens with zero attached hydrogens (tertiary/aromatic N) is 1. The predicted molar refractivity (Wildman–Crippen MR) is 60.6 cm³/mol. The van der Waals surface area contributed by atoms with Crippen molar-refractivity contribution in [2.75, 3.05) is 19.7 Å². The summed E-state index contributed by atoms with van der Waals surface area (Å²) in [6.45, 7) is 12.3. The van der Waals surface area contributed by atoms with E-state index in [0.717, 1.165) is 6.61 Å². The maximum absolute atomic E-state index is 5.54. The Morgan fingerprint density at radius 1 is 1.36 bits per heavy atom. The fourth-order valence-electron chi connectivity index (χ4n) is 2.15. The van der Waals surface area contributed by atoms with E-state index >= 15 is 0 Å². The van der Waals surface area contributed by atoms with Crippen molar-refractivity contribution in [3.05, 3.63) is 0 Å². The van der Waals surface area contributed by atoms with Crippen LogP contribution in [0.5, 0.6) is 0 Å². The maximum Gasteiger partial charge on any atom is 0.0518 e. The molecule has 0 aliphatic carbocycles. The first-order chi connectivity index (χ1) is 6.52. The fourth-order valence-corrected chi connectivity index (χ4v) is 2.15. The molecule has 14 heavy (non-hydrogen) atoms. The van der Waals surface area contributed by atoms with Crippen LogP contribution < -0.4 is 0 Å². The second kappa shape index (κ2) is 5.13. The van der Waals surface area contributed by atoms with E-state index in [2.05, 4.69) is 32.6 Å². The van der Waals surface area contributed by atoms with Crippen LogP contribution in [0.15, 0.2) is 0 Å². The van der Waals surface area contributed by atoms with E-state index in [1.807, 2.05) is 0 Å². The predicted octanol–water partition coefficient (Wildman–Crippen LogP) is 2.68. The lowest BCUT2D eigenvalue weighted by atomic mass is 10.0. The Hall–Kier alpha value is -0.0800. The minimum atomic E-state index is 0.376. The Kier molecular flexibility index (Phi) is 4.39. The second-order valence-corrected chi connectivity index (χ2v) is 5.18. The zero-order valence-electron chi connectivity index (χ0n) is 10.2. The highest BCUT2D eigenvalue weighted by molar-refractivity contribution is 4.87. The molecule has 0 spiro atoms. The molecule has 0 radical (unpaired) electrons. The molecule has 1 aliphatic rings. The van der Waals surface area contributed by atoms with Crippen molar-refractivity contribution in [1.29, 1.82) is 0 Å². The van der Waals surface area contributed by atoms with Crippen LogP contribution in [-0.2, 0) is 4.74 Å². The largest absolute Gasteiger partial charge is 0.379 e. The Balaban J connectivity index is 2.12. The van der Waals surface area contributed by atoms with Gasteiger partial charge in [-0.05, 0) is 53.5 Å². The minimum absolute atomic E-state index is 0.376. The normalized spacial score (nSPS) is 22.1. The van der Waals surface area contributed by atoms with Crippen LogP contribution in [0, 0.1) is 0 Å². The third-order valence-electron chi connectivity index (χ3n) is 3.10. The molecular weight excluding hydrogens is 174 g/mol. The van der Waals surface area contributed by atoms with Crippen molar-refractivity contribution >= 4 is 0 Å². The first-order valence-corrected chi connectivity index (χ1v) is 5.89. The SMILES string of the molecule is CC(C)OCCCN1CCCC1(C)C. The molecule has 0 bridgehead atoms. The van der Waals surface area contributed by atoms with Crippen LogP contribution in [0.1, 0.15) is 47.0 Å². The summed E-state index contributed by atoms with van der Waals surface area (Å²) in [6, 6.07) is 0. The number of hydrogen-bond donors (Lipinski definition) is 0. The van der Waals surface area contributed by atoms with E-state index < -0.39 is 0 Å². The lowest BCUT2D eigenvalue weighted by molar-refractivity contribution is 0.0647. The van der Waals surface area contributed by atoms with Gasteiger partial charge in [-0.15, -0.1) is 0 Å². The summed E-state index contributed by atoms with van der Waals surface area (Å²) in [7, 11) is 0. The van der Waals surface area contributed by atoms with Crippen molar-refractivity contribution in [3.63, 3.8) is 0 Å². The van der Waals surface area contributed by atoms with E-state index in [9.17, 15) is 0 Å². The molecular formula is C12H25NO. The second-order valence-electron chi connectivity index (χ2n) is 5.18. The van der Waals surface area contributed by atoms with Gasteiger partial charge in [-0.25, -0.2) is 0 Å². The average molecular weight is 199 g/mol. The van der Waals surface area contributed by atoms with Crippen LogP contribution in [0.25, 0.3) is 0 Å². The van der Waals surface area contributed by atoms with Crippen molar-refractivity contribution in [3.8, 4) is 0 Å². The van der Waals surface area contributed by atoms with Gasteiger partial charge in [0.05, 0.1) is 6.10 Å². The van der Waals surface area contributed by atoms with Gasteiger partial charge in [0.25, 0.3) is 0 Å². The molecule has 0 aromatic heterocycles. The molecule has 2 heteroatoms. The molecule has 0 unspecified atom stereocenters. The molecule has 0 atom stereocenters. The summed E-state index contributed by atoms with van der Waals surface area (Å²) in [5.74, 6) is 0. The highest BCUT2D eigenvalue weighted by Gasteiger charge is 2.30. The summed E-state index contributed by atoms with van der Waals surface area (Å²) in [4.78, 5) is 2.59. The van der Waals surface area contributed by atoms with Crippen LogP contribution >= 0.6 is 0 Å². The van der Waals surface area contributed by atoms with Crippen molar-refractivity contribution in [2.45, 2.75) is 58.6 Å². The monoisotopic (exact) mass is 199 g/mol. The summed E-state index contributed by atoms with van der Waals surface area (Å²) in [5, 5.41) is 0.